The summed E-state index contributed by atoms with van der Waals surface area (Å²) in [5.74, 6) is -1.53. The van der Waals surface area contributed by atoms with Gasteiger partial charge in [-0.2, -0.15) is 5.10 Å². The number of aryl methyl sites for hydroxylation is 2. The molecule has 5 amide bonds. The average molecular weight is 577 g/mol. The maximum absolute atomic E-state index is 12.9. The van der Waals surface area contributed by atoms with Crippen molar-refractivity contribution in [3.8, 4) is 5.75 Å². The van der Waals surface area contributed by atoms with E-state index in [0.29, 0.717) is 47.7 Å². The summed E-state index contributed by atoms with van der Waals surface area (Å²) in [7, 11) is 0. The molecule has 1 aliphatic carbocycles. The number of aromatic amines is 1. The molecule has 3 aromatic rings. The van der Waals surface area contributed by atoms with Gasteiger partial charge in [-0.25, -0.2) is 4.98 Å². The summed E-state index contributed by atoms with van der Waals surface area (Å²) in [5, 5.41) is 7.02. The molecule has 14 nitrogen and oxygen atoms in total. The molecule has 0 atom stereocenters. The number of amides is 5. The molecule has 2 aliphatic rings. The lowest BCUT2D eigenvalue weighted by molar-refractivity contribution is -0.138. The Morgan fingerprint density at radius 3 is 2.57 bits per heavy atom. The molecule has 2 aromatic heterocycles. The van der Waals surface area contributed by atoms with Crippen molar-refractivity contribution in [2.24, 2.45) is 5.73 Å². The van der Waals surface area contributed by atoms with E-state index in [-0.39, 0.29) is 43.0 Å². The summed E-state index contributed by atoms with van der Waals surface area (Å²) in [6.07, 6.45) is 4.74. The highest BCUT2D eigenvalue weighted by atomic mass is 16.5. The number of nitrogens with one attached hydrogen (secondary N) is 2. The number of carbonyl (C=O) groups is 5. The van der Waals surface area contributed by atoms with Crippen molar-refractivity contribution in [3.63, 3.8) is 0 Å². The molecular formula is C28H32N8O6. The summed E-state index contributed by atoms with van der Waals surface area (Å²) in [4.78, 5) is 71.6. The van der Waals surface area contributed by atoms with Gasteiger partial charge in [0.1, 0.15) is 17.0 Å². The molecule has 1 fully saturated rings. The number of benzene rings is 1. The van der Waals surface area contributed by atoms with Crippen LogP contribution < -0.4 is 15.8 Å². The number of H-pyrrole nitrogens is 1. The van der Waals surface area contributed by atoms with E-state index in [4.69, 9.17) is 10.5 Å². The molecule has 0 saturated heterocycles. The number of fused-ring (bicyclic) bond motifs is 1. The Morgan fingerprint density at radius 1 is 1.17 bits per heavy atom. The quantitative estimate of drug-likeness (QED) is 0.202. The van der Waals surface area contributed by atoms with E-state index in [9.17, 15) is 24.0 Å². The molecule has 0 unspecified atom stereocenters. The van der Waals surface area contributed by atoms with Gasteiger partial charge in [-0.05, 0) is 51.3 Å². The Bertz CT molecular complexity index is 1580. The van der Waals surface area contributed by atoms with Gasteiger partial charge in [0.15, 0.2) is 0 Å². The minimum Gasteiger partial charge on any atom is -0.491 e. The molecule has 3 heterocycles. The van der Waals surface area contributed by atoms with Crippen LogP contribution in [0.25, 0.3) is 11.0 Å². The van der Waals surface area contributed by atoms with E-state index in [1.54, 1.807) is 22.6 Å². The molecule has 0 bridgehead atoms. The van der Waals surface area contributed by atoms with E-state index in [0.717, 1.165) is 17.7 Å². The van der Waals surface area contributed by atoms with E-state index in [1.807, 2.05) is 6.92 Å². The zero-order valence-corrected chi connectivity index (χ0v) is 23.4. The van der Waals surface area contributed by atoms with Gasteiger partial charge in [0, 0.05) is 49.8 Å². The number of nitrogens with two attached hydrogens (primary N) is 1. The lowest BCUT2D eigenvalue weighted by Gasteiger charge is -2.23. The zero-order valence-electron chi connectivity index (χ0n) is 23.4. The highest BCUT2D eigenvalue weighted by Crippen LogP contribution is 2.29. The number of hydrogen-bond acceptors (Lipinski definition) is 8. The van der Waals surface area contributed by atoms with Gasteiger partial charge >= 0.3 is 0 Å². The lowest BCUT2D eigenvalue weighted by Crippen LogP contribution is -2.38. The Balaban J connectivity index is 1.23. The van der Waals surface area contributed by atoms with Crippen molar-refractivity contribution in [1.29, 1.82) is 0 Å². The number of aromatic nitrogens is 4. The Kier molecular flexibility index (Phi) is 8.04. The van der Waals surface area contributed by atoms with Crippen LogP contribution in [0.5, 0.6) is 5.75 Å². The molecule has 5 rings (SSSR count). The Morgan fingerprint density at radius 2 is 1.90 bits per heavy atom. The molecular weight excluding hydrogens is 544 g/mol. The van der Waals surface area contributed by atoms with Crippen molar-refractivity contribution >= 4 is 46.5 Å². The molecule has 42 heavy (non-hydrogen) atoms. The molecule has 14 heteroatoms. The van der Waals surface area contributed by atoms with Crippen LogP contribution in [0.3, 0.4) is 0 Å². The van der Waals surface area contributed by atoms with Crippen LogP contribution in [-0.2, 0) is 20.9 Å². The van der Waals surface area contributed by atoms with E-state index in [2.05, 4.69) is 20.4 Å². The number of imide groups is 1. The standard InChI is InChI=1S/C28H32N8O6/c1-3-36-20(13-16(2)33-36)27(41)32-28-30-19-14-17(26(29)40)15-21(25(19)31-28)42-12-4-10-34(18-5-6-18)24(39)9-11-35-22(37)7-8-23(35)38/h7-8,13-15,18H,3-6,9-12H2,1-2H3,(H2,29,40)(H2,30,31,32,41). The first kappa shape index (κ1) is 28.5. The number of primary amides is 1. The van der Waals surface area contributed by atoms with Crippen molar-refractivity contribution in [2.75, 3.05) is 25.0 Å². The normalized spacial score (nSPS) is 14.6. The van der Waals surface area contributed by atoms with Crippen LogP contribution in [-0.4, -0.2) is 84.8 Å². The predicted octanol–water partition coefficient (Wildman–Crippen LogP) is 1.51. The van der Waals surface area contributed by atoms with Crippen LogP contribution >= 0.6 is 0 Å². The second-order valence-electron chi connectivity index (χ2n) is 10.2. The fourth-order valence-corrected chi connectivity index (χ4v) is 4.85. The lowest BCUT2D eigenvalue weighted by atomic mass is 10.1. The van der Waals surface area contributed by atoms with Crippen LogP contribution in [0, 0.1) is 6.92 Å². The molecule has 0 radical (unpaired) electrons. The number of hydrogen-bond donors (Lipinski definition) is 3. The molecule has 1 aliphatic heterocycles. The first-order chi connectivity index (χ1) is 20.1. The summed E-state index contributed by atoms with van der Waals surface area (Å²) >= 11 is 0. The van der Waals surface area contributed by atoms with Gasteiger partial charge in [0.2, 0.25) is 17.8 Å². The predicted molar refractivity (Wildman–Crippen MR) is 151 cm³/mol. The molecule has 0 spiro atoms. The van der Waals surface area contributed by atoms with Gasteiger partial charge in [-0.15, -0.1) is 0 Å². The molecule has 1 saturated carbocycles. The van der Waals surface area contributed by atoms with Crippen LogP contribution in [0.15, 0.2) is 30.4 Å². The maximum atomic E-state index is 12.9. The van der Waals surface area contributed by atoms with Crippen molar-refractivity contribution in [1.82, 2.24) is 29.5 Å². The zero-order chi connectivity index (χ0) is 30.0. The average Bonchev–Trinajstić information content (AvgIpc) is 3.46. The third-order valence-electron chi connectivity index (χ3n) is 7.06. The first-order valence-corrected chi connectivity index (χ1v) is 13.8. The van der Waals surface area contributed by atoms with Gasteiger partial charge in [-0.3, -0.25) is 38.9 Å². The minimum absolute atomic E-state index is 0.0412. The number of carbonyl (C=O) groups excluding carboxylic acids is 5. The van der Waals surface area contributed by atoms with Crippen molar-refractivity contribution < 1.29 is 28.7 Å². The number of ether oxygens (including phenoxy) is 1. The summed E-state index contributed by atoms with van der Waals surface area (Å²) < 4.78 is 7.58. The third kappa shape index (κ3) is 6.16. The van der Waals surface area contributed by atoms with Gasteiger partial charge < -0.3 is 20.4 Å². The second kappa shape index (κ2) is 11.8. The third-order valence-corrected chi connectivity index (χ3v) is 7.06. The van der Waals surface area contributed by atoms with Gasteiger partial charge in [0.05, 0.1) is 17.8 Å². The van der Waals surface area contributed by atoms with Gasteiger partial charge in [-0.1, -0.05) is 0 Å². The Labute approximate surface area is 240 Å². The Hall–Kier alpha value is -5.01. The SMILES string of the molecule is CCn1nc(C)cc1C(=O)Nc1nc2c(OCCCN(C(=O)CCN3C(=O)C=CC3=O)C3CC3)cc(C(N)=O)cc2[nH]1. The first-order valence-electron chi connectivity index (χ1n) is 13.8. The summed E-state index contributed by atoms with van der Waals surface area (Å²) in [6, 6.07) is 4.84. The molecule has 4 N–H and O–H groups in total. The topological polar surface area (TPSA) is 186 Å². The number of anilines is 1. The highest BCUT2D eigenvalue weighted by molar-refractivity contribution is 6.13. The van der Waals surface area contributed by atoms with E-state index >= 15 is 0 Å². The molecule has 220 valence electrons. The maximum Gasteiger partial charge on any atom is 0.276 e. The number of rotatable bonds is 13. The van der Waals surface area contributed by atoms with Crippen LogP contribution in [0.4, 0.5) is 5.95 Å². The van der Waals surface area contributed by atoms with Gasteiger partial charge in [0.25, 0.3) is 17.7 Å². The van der Waals surface area contributed by atoms with E-state index < -0.39 is 23.6 Å². The minimum atomic E-state index is -0.653. The fourth-order valence-electron chi connectivity index (χ4n) is 4.85. The number of nitrogens with zero attached hydrogens (tertiary/aromatic N) is 5. The van der Waals surface area contributed by atoms with Crippen molar-refractivity contribution in [2.45, 2.75) is 52.1 Å². The number of imidazole rings is 1. The summed E-state index contributed by atoms with van der Waals surface area (Å²) in [6.45, 7) is 4.89. The van der Waals surface area contributed by atoms with Crippen LogP contribution in [0.2, 0.25) is 0 Å². The monoisotopic (exact) mass is 576 g/mol. The second-order valence-corrected chi connectivity index (χ2v) is 10.2. The fraction of sp³-hybridized carbons (Fsp3) is 0.393. The summed E-state index contributed by atoms with van der Waals surface area (Å²) in [5.41, 5.74) is 7.68. The van der Waals surface area contributed by atoms with E-state index in [1.165, 1.54) is 24.3 Å². The largest absolute Gasteiger partial charge is 0.491 e. The molecule has 1 aromatic carbocycles. The van der Waals surface area contributed by atoms with Crippen LogP contribution in [0.1, 0.15) is 59.1 Å². The highest BCUT2D eigenvalue weighted by Gasteiger charge is 2.33. The smallest absolute Gasteiger partial charge is 0.276 e. The van der Waals surface area contributed by atoms with Crippen molar-refractivity contribution in [3.05, 3.63) is 47.3 Å².